The van der Waals surface area contributed by atoms with Crippen LogP contribution in [-0.2, 0) is 6.54 Å². The Morgan fingerprint density at radius 3 is 2.88 bits per heavy atom. The maximum absolute atomic E-state index is 13.4. The number of hydrogen-bond donors (Lipinski definition) is 1. The quantitative estimate of drug-likeness (QED) is 0.923. The second kappa shape index (κ2) is 6.49. The third kappa shape index (κ3) is 2.77. The largest absolute Gasteiger partial charge is 0.394 e. The molecule has 0 bridgehead atoms. The van der Waals surface area contributed by atoms with Crippen LogP contribution in [0.2, 0.25) is 0 Å². The molecule has 1 amide bonds. The molecule has 2 heterocycles. The van der Waals surface area contributed by atoms with Gasteiger partial charge in [0.2, 0.25) is 0 Å². The SMILES string of the molecule is CC(C)Cn1ccc2c(C(=O)N3[C@H](CO)C[C@@H]4CCC[C@@H]43)cccc21. The highest BCUT2D eigenvalue weighted by atomic mass is 16.3. The van der Waals surface area contributed by atoms with Gasteiger partial charge in [-0.1, -0.05) is 26.3 Å². The number of aliphatic hydroxyl groups is 1. The van der Waals surface area contributed by atoms with Crippen molar-refractivity contribution in [1.82, 2.24) is 9.47 Å². The molecule has 1 aromatic carbocycles. The lowest BCUT2D eigenvalue weighted by atomic mass is 10.0. The molecule has 2 aromatic rings. The van der Waals surface area contributed by atoms with Crippen molar-refractivity contribution in [2.75, 3.05) is 6.61 Å². The smallest absolute Gasteiger partial charge is 0.255 e. The Morgan fingerprint density at radius 2 is 2.12 bits per heavy atom. The monoisotopic (exact) mass is 340 g/mol. The number of fused-ring (bicyclic) bond motifs is 2. The molecule has 2 fully saturated rings. The highest BCUT2D eigenvalue weighted by molar-refractivity contribution is 6.07. The highest BCUT2D eigenvalue weighted by Crippen LogP contribution is 2.42. The average molecular weight is 340 g/mol. The molecule has 1 N–H and O–H groups in total. The predicted octanol–water partition coefficient (Wildman–Crippen LogP) is 3.67. The Bertz CT molecular complexity index is 779. The molecule has 1 aromatic heterocycles. The van der Waals surface area contributed by atoms with E-state index in [1.165, 1.54) is 12.8 Å². The average Bonchev–Trinajstić information content (AvgIpc) is 3.27. The van der Waals surface area contributed by atoms with E-state index in [4.69, 9.17) is 0 Å². The van der Waals surface area contributed by atoms with Gasteiger partial charge in [0, 0.05) is 35.2 Å². The molecule has 0 unspecified atom stereocenters. The molecule has 2 aliphatic rings. The van der Waals surface area contributed by atoms with Crippen molar-refractivity contribution in [1.29, 1.82) is 0 Å². The first-order valence-electron chi connectivity index (χ1n) is 9.61. The van der Waals surface area contributed by atoms with E-state index in [0.29, 0.717) is 17.9 Å². The van der Waals surface area contributed by atoms with Gasteiger partial charge in [-0.15, -0.1) is 0 Å². The van der Waals surface area contributed by atoms with Crippen LogP contribution in [0.15, 0.2) is 30.5 Å². The van der Waals surface area contributed by atoms with E-state index < -0.39 is 0 Å². The molecule has 1 aliphatic carbocycles. The van der Waals surface area contributed by atoms with Crippen molar-refractivity contribution in [3.8, 4) is 0 Å². The lowest BCUT2D eigenvalue weighted by Crippen LogP contribution is -2.43. The Kier molecular flexibility index (Phi) is 4.32. The Labute approximate surface area is 149 Å². The summed E-state index contributed by atoms with van der Waals surface area (Å²) >= 11 is 0. The lowest BCUT2D eigenvalue weighted by molar-refractivity contribution is 0.0592. The van der Waals surface area contributed by atoms with Crippen molar-refractivity contribution in [3.63, 3.8) is 0 Å². The molecule has 0 radical (unpaired) electrons. The zero-order valence-corrected chi connectivity index (χ0v) is 15.2. The third-order valence-corrected chi connectivity index (χ3v) is 6.00. The topological polar surface area (TPSA) is 45.5 Å². The fourth-order valence-electron chi connectivity index (χ4n) is 4.97. The molecule has 4 heteroatoms. The van der Waals surface area contributed by atoms with E-state index in [0.717, 1.165) is 35.9 Å². The molecular weight excluding hydrogens is 312 g/mol. The number of carbonyl (C=O) groups is 1. The minimum absolute atomic E-state index is 0.0178. The summed E-state index contributed by atoms with van der Waals surface area (Å²) in [4.78, 5) is 15.4. The van der Waals surface area contributed by atoms with E-state index in [9.17, 15) is 9.90 Å². The molecule has 1 saturated heterocycles. The van der Waals surface area contributed by atoms with Gasteiger partial charge in [0.15, 0.2) is 0 Å². The molecular formula is C21H28N2O2. The number of benzene rings is 1. The van der Waals surface area contributed by atoms with Crippen molar-refractivity contribution in [2.45, 2.75) is 58.2 Å². The molecule has 1 aliphatic heterocycles. The maximum Gasteiger partial charge on any atom is 0.255 e. The van der Waals surface area contributed by atoms with Gasteiger partial charge in [0.25, 0.3) is 5.91 Å². The highest BCUT2D eigenvalue weighted by Gasteiger charge is 2.45. The van der Waals surface area contributed by atoms with Gasteiger partial charge >= 0.3 is 0 Å². The second-order valence-corrected chi connectivity index (χ2v) is 8.14. The molecule has 0 spiro atoms. The standard InChI is InChI=1S/C21H28N2O2/c1-14(2)12-22-10-9-17-18(6-4-8-20(17)22)21(25)23-16(13-24)11-15-5-3-7-19(15)23/h4,6,8-10,14-16,19,24H,3,5,7,11-13H2,1-2H3/t15-,16-,19-/m0/s1. The number of amides is 1. The van der Waals surface area contributed by atoms with Gasteiger partial charge in [0.1, 0.15) is 0 Å². The molecule has 4 nitrogen and oxygen atoms in total. The number of likely N-dealkylation sites (tertiary alicyclic amines) is 1. The van der Waals surface area contributed by atoms with E-state index in [2.05, 4.69) is 36.7 Å². The van der Waals surface area contributed by atoms with Crippen LogP contribution in [0.4, 0.5) is 0 Å². The fraction of sp³-hybridized carbons (Fsp3) is 0.571. The van der Waals surface area contributed by atoms with Crippen LogP contribution >= 0.6 is 0 Å². The van der Waals surface area contributed by atoms with Crippen LogP contribution in [0, 0.1) is 11.8 Å². The van der Waals surface area contributed by atoms with Gasteiger partial charge in [-0.05, 0) is 49.3 Å². The zero-order chi connectivity index (χ0) is 17.6. The van der Waals surface area contributed by atoms with Crippen LogP contribution in [0.3, 0.4) is 0 Å². The van der Waals surface area contributed by atoms with Gasteiger partial charge in [0.05, 0.1) is 12.6 Å². The summed E-state index contributed by atoms with van der Waals surface area (Å²) in [7, 11) is 0. The van der Waals surface area contributed by atoms with Crippen LogP contribution in [0.25, 0.3) is 10.9 Å². The number of hydrogen-bond acceptors (Lipinski definition) is 2. The van der Waals surface area contributed by atoms with Crippen molar-refractivity contribution in [2.24, 2.45) is 11.8 Å². The Morgan fingerprint density at radius 1 is 1.28 bits per heavy atom. The molecule has 1 saturated carbocycles. The summed E-state index contributed by atoms with van der Waals surface area (Å²) in [5.41, 5.74) is 1.91. The zero-order valence-electron chi connectivity index (χ0n) is 15.2. The van der Waals surface area contributed by atoms with Crippen LogP contribution in [0.5, 0.6) is 0 Å². The molecule has 4 rings (SSSR count). The van der Waals surface area contributed by atoms with Crippen molar-refractivity contribution >= 4 is 16.8 Å². The summed E-state index contributed by atoms with van der Waals surface area (Å²) < 4.78 is 2.24. The molecule has 134 valence electrons. The first-order chi connectivity index (χ1) is 12.1. The first kappa shape index (κ1) is 16.6. The lowest BCUT2D eigenvalue weighted by Gasteiger charge is -2.29. The maximum atomic E-state index is 13.4. The Hall–Kier alpha value is -1.81. The summed E-state index contributed by atoms with van der Waals surface area (Å²) in [6.07, 6.45) is 6.52. The number of aromatic nitrogens is 1. The number of carbonyl (C=O) groups excluding carboxylic acids is 1. The summed E-state index contributed by atoms with van der Waals surface area (Å²) in [5, 5.41) is 10.8. The number of aliphatic hydroxyl groups excluding tert-OH is 1. The molecule has 25 heavy (non-hydrogen) atoms. The van der Waals surface area contributed by atoms with E-state index in [1.807, 2.05) is 17.0 Å². The normalized spacial score (nSPS) is 25.9. The number of nitrogens with zero attached hydrogens (tertiary/aromatic N) is 2. The summed E-state index contributed by atoms with van der Waals surface area (Å²) in [5.74, 6) is 1.23. The van der Waals surface area contributed by atoms with Crippen LogP contribution < -0.4 is 0 Å². The fourth-order valence-corrected chi connectivity index (χ4v) is 4.97. The van der Waals surface area contributed by atoms with E-state index >= 15 is 0 Å². The van der Waals surface area contributed by atoms with Crippen molar-refractivity contribution in [3.05, 3.63) is 36.0 Å². The van der Waals surface area contributed by atoms with E-state index in [1.54, 1.807) is 0 Å². The first-order valence-corrected chi connectivity index (χ1v) is 9.61. The van der Waals surface area contributed by atoms with Gasteiger partial charge in [-0.2, -0.15) is 0 Å². The summed E-state index contributed by atoms with van der Waals surface area (Å²) in [6, 6.07) is 8.40. The minimum Gasteiger partial charge on any atom is -0.394 e. The van der Waals surface area contributed by atoms with Gasteiger partial charge < -0.3 is 14.6 Å². The number of rotatable bonds is 4. The second-order valence-electron chi connectivity index (χ2n) is 8.14. The predicted molar refractivity (Wildman–Crippen MR) is 99.6 cm³/mol. The Balaban J connectivity index is 1.71. The summed E-state index contributed by atoms with van der Waals surface area (Å²) in [6.45, 7) is 5.44. The van der Waals surface area contributed by atoms with Gasteiger partial charge in [-0.3, -0.25) is 4.79 Å². The molecule has 3 atom stereocenters. The minimum atomic E-state index is -0.0178. The van der Waals surface area contributed by atoms with Gasteiger partial charge in [-0.25, -0.2) is 0 Å². The van der Waals surface area contributed by atoms with Crippen LogP contribution in [0.1, 0.15) is 49.9 Å². The van der Waals surface area contributed by atoms with E-state index in [-0.39, 0.29) is 18.6 Å². The van der Waals surface area contributed by atoms with Crippen LogP contribution in [-0.4, -0.2) is 39.2 Å². The third-order valence-electron chi connectivity index (χ3n) is 6.00. The van der Waals surface area contributed by atoms with Crippen molar-refractivity contribution < 1.29 is 9.90 Å².